The normalized spacial score (nSPS) is 8.93. The minimum Gasteiger partial charge on any atom is -0.394 e. The molecule has 0 unspecified atom stereocenters. The predicted octanol–water partition coefficient (Wildman–Crippen LogP) is 1.45. The van der Waals surface area contributed by atoms with Gasteiger partial charge in [-0.25, -0.2) is 29.1 Å². The van der Waals surface area contributed by atoms with Crippen LogP contribution < -0.4 is 0 Å². The first-order chi connectivity index (χ1) is 14.1. The van der Waals surface area contributed by atoms with Crippen molar-refractivity contribution < 1.29 is 29.2 Å². The third kappa shape index (κ3) is 10.3. The molecule has 0 saturated heterocycles. The highest BCUT2D eigenvalue weighted by atomic mass is 17.2. The van der Waals surface area contributed by atoms with Gasteiger partial charge in [0, 0.05) is 44.3 Å². The van der Waals surface area contributed by atoms with E-state index in [1.165, 1.54) is 47.6 Å². The maximum atomic E-state index is 11.4. The van der Waals surface area contributed by atoms with E-state index in [1.807, 2.05) is 0 Å². The van der Waals surface area contributed by atoms with Gasteiger partial charge >= 0.3 is 12.1 Å². The SMILES string of the molecule is C=C.COCCO.COOC(=O)n1ccnc1.O=C(n1ccnc1)n1ccnc1. The van der Waals surface area contributed by atoms with Crippen LogP contribution >= 0.6 is 0 Å². The molecular weight excluding hydrogens is 384 g/mol. The van der Waals surface area contributed by atoms with E-state index in [4.69, 9.17) is 5.11 Å². The van der Waals surface area contributed by atoms with E-state index in [1.54, 1.807) is 31.9 Å². The van der Waals surface area contributed by atoms with Crippen LogP contribution in [0.3, 0.4) is 0 Å². The lowest BCUT2D eigenvalue weighted by molar-refractivity contribution is -0.212. The average Bonchev–Trinajstić information content (AvgIpc) is 3.54. The van der Waals surface area contributed by atoms with Crippen molar-refractivity contribution in [3.05, 3.63) is 69.3 Å². The molecule has 0 aliphatic carbocycles. The summed E-state index contributed by atoms with van der Waals surface area (Å²) in [6.45, 7) is 6.57. The predicted molar refractivity (Wildman–Crippen MR) is 102 cm³/mol. The van der Waals surface area contributed by atoms with Crippen molar-refractivity contribution in [2.24, 2.45) is 0 Å². The molecule has 3 aromatic heterocycles. The first kappa shape index (κ1) is 25.4. The van der Waals surface area contributed by atoms with Crippen molar-refractivity contribution in [3.63, 3.8) is 0 Å². The summed E-state index contributed by atoms with van der Waals surface area (Å²) < 4.78 is 8.35. The van der Waals surface area contributed by atoms with E-state index in [0.29, 0.717) is 6.61 Å². The summed E-state index contributed by atoms with van der Waals surface area (Å²) in [5, 5.41) is 7.94. The van der Waals surface area contributed by atoms with E-state index in [-0.39, 0.29) is 12.6 Å². The molecule has 0 aliphatic heterocycles. The lowest BCUT2D eigenvalue weighted by atomic mass is 10.8. The van der Waals surface area contributed by atoms with Gasteiger partial charge in [-0.3, -0.25) is 14.0 Å². The molecule has 158 valence electrons. The number of ether oxygens (including phenoxy) is 1. The first-order valence-electron chi connectivity index (χ1n) is 7.97. The Bertz CT molecular complexity index is 720. The van der Waals surface area contributed by atoms with Crippen LogP contribution in [0, 0.1) is 0 Å². The molecule has 3 rings (SSSR count). The quantitative estimate of drug-likeness (QED) is 0.388. The van der Waals surface area contributed by atoms with E-state index in [9.17, 15) is 9.59 Å². The van der Waals surface area contributed by atoms with Crippen LogP contribution in [0.15, 0.2) is 69.3 Å². The summed E-state index contributed by atoms with van der Waals surface area (Å²) in [6, 6.07) is -0.190. The second-order valence-electron chi connectivity index (χ2n) is 4.42. The van der Waals surface area contributed by atoms with Crippen LogP contribution in [0.1, 0.15) is 0 Å². The van der Waals surface area contributed by atoms with Gasteiger partial charge in [0.1, 0.15) is 19.0 Å². The number of nitrogens with zero attached hydrogens (tertiary/aromatic N) is 6. The van der Waals surface area contributed by atoms with E-state index in [2.05, 4.69) is 42.6 Å². The van der Waals surface area contributed by atoms with Crippen molar-refractivity contribution >= 4 is 12.1 Å². The molecule has 0 spiro atoms. The zero-order valence-electron chi connectivity index (χ0n) is 16.2. The Morgan fingerprint density at radius 1 is 0.897 bits per heavy atom. The zero-order valence-corrected chi connectivity index (χ0v) is 16.2. The van der Waals surface area contributed by atoms with Crippen molar-refractivity contribution in [1.29, 1.82) is 0 Å². The number of hydrogen-bond donors (Lipinski definition) is 1. The van der Waals surface area contributed by atoms with Crippen LogP contribution in [0.5, 0.6) is 0 Å². The molecule has 3 aromatic rings. The number of carbonyl (C=O) groups excluding carboxylic acids is 2. The summed E-state index contributed by atoms with van der Waals surface area (Å²) in [7, 11) is 2.81. The number of imidazole rings is 3. The van der Waals surface area contributed by atoms with Crippen molar-refractivity contribution in [3.8, 4) is 0 Å². The maximum Gasteiger partial charge on any atom is 0.450 e. The van der Waals surface area contributed by atoms with E-state index in [0.717, 1.165) is 4.57 Å². The fourth-order valence-corrected chi connectivity index (χ4v) is 1.45. The molecule has 3 heterocycles. The summed E-state index contributed by atoms with van der Waals surface area (Å²) in [5.41, 5.74) is 0. The first-order valence-corrected chi connectivity index (χ1v) is 7.97. The third-order valence-corrected chi connectivity index (χ3v) is 2.62. The number of rotatable bonds is 3. The maximum absolute atomic E-state index is 11.4. The molecule has 0 radical (unpaired) electrons. The number of aromatic nitrogens is 6. The lowest BCUT2D eigenvalue weighted by Crippen LogP contribution is -2.15. The summed E-state index contributed by atoms with van der Waals surface area (Å²) in [6.07, 6.45) is 12.8. The summed E-state index contributed by atoms with van der Waals surface area (Å²) >= 11 is 0. The number of hydrogen-bond acceptors (Lipinski definition) is 9. The Kier molecular flexibility index (Phi) is 14.5. The van der Waals surface area contributed by atoms with E-state index < -0.39 is 6.09 Å². The molecule has 0 aromatic carbocycles. The average molecular weight is 408 g/mol. The van der Waals surface area contributed by atoms with Crippen LogP contribution in [0.4, 0.5) is 9.59 Å². The number of aliphatic hydroxyl groups excluding tert-OH is 1. The fraction of sp³-hybridized carbons (Fsp3) is 0.235. The molecule has 0 aliphatic rings. The Morgan fingerprint density at radius 3 is 1.62 bits per heavy atom. The summed E-state index contributed by atoms with van der Waals surface area (Å²) in [4.78, 5) is 41.6. The van der Waals surface area contributed by atoms with Crippen molar-refractivity contribution in [2.75, 3.05) is 27.4 Å². The minimum atomic E-state index is -0.611. The molecule has 0 bridgehead atoms. The largest absolute Gasteiger partial charge is 0.450 e. The van der Waals surface area contributed by atoms with Gasteiger partial charge < -0.3 is 9.84 Å². The van der Waals surface area contributed by atoms with Gasteiger partial charge in [-0.05, 0) is 0 Å². The number of methoxy groups -OCH3 is 1. The molecule has 29 heavy (non-hydrogen) atoms. The Hall–Kier alpha value is -3.61. The van der Waals surface area contributed by atoms with Crippen LogP contribution in [-0.4, -0.2) is 73.3 Å². The minimum absolute atomic E-state index is 0.122. The van der Waals surface area contributed by atoms with Gasteiger partial charge in [-0.15, -0.1) is 13.2 Å². The number of carbonyl (C=O) groups is 2. The van der Waals surface area contributed by atoms with Gasteiger partial charge in [-0.2, -0.15) is 4.89 Å². The molecule has 0 atom stereocenters. The molecule has 0 saturated carbocycles. The van der Waals surface area contributed by atoms with Gasteiger partial charge in [0.05, 0.1) is 20.3 Å². The Morgan fingerprint density at radius 2 is 1.34 bits per heavy atom. The second kappa shape index (κ2) is 16.6. The molecule has 12 heteroatoms. The van der Waals surface area contributed by atoms with Crippen LogP contribution in [-0.2, 0) is 14.5 Å². The lowest BCUT2D eigenvalue weighted by Gasteiger charge is -1.98. The van der Waals surface area contributed by atoms with E-state index >= 15 is 0 Å². The Labute approximate surface area is 167 Å². The number of aliphatic hydroxyl groups is 1. The van der Waals surface area contributed by atoms with Crippen molar-refractivity contribution in [2.45, 2.75) is 0 Å². The van der Waals surface area contributed by atoms with Gasteiger partial charge in [0.25, 0.3) is 0 Å². The Balaban J connectivity index is 0.000000419. The highest BCUT2D eigenvalue weighted by Crippen LogP contribution is 1.92. The molecule has 1 N–H and O–H groups in total. The highest BCUT2D eigenvalue weighted by Gasteiger charge is 2.04. The van der Waals surface area contributed by atoms with Crippen LogP contribution in [0.25, 0.3) is 0 Å². The van der Waals surface area contributed by atoms with Crippen LogP contribution in [0.2, 0.25) is 0 Å². The molecule has 0 fully saturated rings. The standard InChI is InChI=1S/C7H6N4O.C5H6N2O3.C3H8O2.C2H4/c12-7(10-3-1-8-5-10)11-4-2-9-6-11;1-9-10-5(8)7-3-2-6-4-7;1-5-3-2-4;1-2/h1-6H;2-4H,1H3;4H,2-3H2,1H3;1-2H2. The molecule has 0 amide bonds. The fourth-order valence-electron chi connectivity index (χ4n) is 1.45. The van der Waals surface area contributed by atoms with Gasteiger partial charge in [-0.1, -0.05) is 0 Å². The third-order valence-electron chi connectivity index (χ3n) is 2.62. The summed E-state index contributed by atoms with van der Waals surface area (Å²) in [5.74, 6) is 0. The highest BCUT2D eigenvalue weighted by molar-refractivity contribution is 5.78. The monoisotopic (exact) mass is 408 g/mol. The zero-order chi connectivity index (χ0) is 21.9. The second-order valence-corrected chi connectivity index (χ2v) is 4.42. The van der Waals surface area contributed by atoms with Gasteiger partial charge in [0.2, 0.25) is 0 Å². The van der Waals surface area contributed by atoms with Gasteiger partial charge in [0.15, 0.2) is 0 Å². The smallest absolute Gasteiger partial charge is 0.394 e. The van der Waals surface area contributed by atoms with Crippen molar-refractivity contribution in [1.82, 2.24) is 28.7 Å². The molecular formula is C17H24N6O6. The topological polar surface area (TPSA) is 136 Å². The molecule has 12 nitrogen and oxygen atoms in total.